The Morgan fingerprint density at radius 3 is 2.31 bits per heavy atom. The van der Waals surface area contributed by atoms with E-state index in [-0.39, 0.29) is 35.7 Å². The number of allylic oxidation sites excluding steroid dienone is 1. The van der Waals surface area contributed by atoms with E-state index in [0.717, 1.165) is 17.0 Å². The molecule has 11 heteroatoms. The Kier molecular flexibility index (Phi) is 8.66. The number of amides is 2. The van der Waals surface area contributed by atoms with Crippen LogP contribution in [-0.2, 0) is 27.0 Å². The second-order valence-electron chi connectivity index (χ2n) is 9.34. The van der Waals surface area contributed by atoms with Gasteiger partial charge < -0.3 is 14.4 Å². The largest absolute Gasteiger partial charge is 0.465 e. The van der Waals surface area contributed by atoms with Gasteiger partial charge in [-0.2, -0.15) is 18.4 Å². The van der Waals surface area contributed by atoms with Crippen LogP contribution in [-0.4, -0.2) is 36.6 Å². The van der Waals surface area contributed by atoms with Crippen LogP contribution < -0.4 is 4.90 Å². The molecule has 3 aromatic rings. The van der Waals surface area contributed by atoms with Crippen molar-refractivity contribution in [2.75, 3.05) is 18.6 Å². The van der Waals surface area contributed by atoms with Crippen LogP contribution >= 0.6 is 0 Å². The minimum atomic E-state index is -4.67. The molecule has 4 rings (SSSR count). The van der Waals surface area contributed by atoms with Gasteiger partial charge in [-0.1, -0.05) is 30.3 Å². The van der Waals surface area contributed by atoms with Crippen LogP contribution in [0.4, 0.5) is 23.7 Å². The highest BCUT2D eigenvalue weighted by atomic mass is 19.4. The van der Waals surface area contributed by atoms with E-state index >= 15 is 0 Å². The third-order valence-corrected chi connectivity index (χ3v) is 6.73. The zero-order chi connectivity index (χ0) is 30.6. The van der Waals surface area contributed by atoms with Gasteiger partial charge in [-0.15, -0.1) is 0 Å². The standard InChI is InChI=1S/C31H26F3N3O5/c1-4-42-29(39)26-19(2)37(25-10-6-9-24(16-25)31(32,33)34)30(40)36(27(26)22-13-11-20(17-35)12-14-22)18-21-7-5-8-23(15-21)28(38)41-3/h5-16,27H,4,18H2,1-3H3. The van der Waals surface area contributed by atoms with Crippen molar-refractivity contribution in [2.24, 2.45) is 0 Å². The van der Waals surface area contributed by atoms with Crippen molar-refractivity contribution in [1.82, 2.24) is 4.90 Å². The molecular weight excluding hydrogens is 551 g/mol. The molecule has 0 fully saturated rings. The van der Waals surface area contributed by atoms with Crippen LogP contribution in [0.15, 0.2) is 84.1 Å². The first-order chi connectivity index (χ1) is 20.0. The summed E-state index contributed by atoms with van der Waals surface area (Å²) >= 11 is 0. The molecule has 1 aliphatic rings. The number of rotatable bonds is 7. The number of alkyl halides is 3. The highest BCUT2D eigenvalue weighted by molar-refractivity contribution is 6.03. The lowest BCUT2D eigenvalue weighted by atomic mass is 9.91. The van der Waals surface area contributed by atoms with Crippen LogP contribution in [0.2, 0.25) is 0 Å². The molecule has 0 radical (unpaired) electrons. The van der Waals surface area contributed by atoms with Crippen molar-refractivity contribution in [3.8, 4) is 6.07 Å². The Morgan fingerprint density at radius 1 is 1.00 bits per heavy atom. The number of urea groups is 1. The third kappa shape index (κ3) is 5.98. The average molecular weight is 578 g/mol. The number of nitriles is 1. The number of halogens is 3. The first-order valence-electron chi connectivity index (χ1n) is 12.8. The van der Waals surface area contributed by atoms with E-state index in [9.17, 15) is 32.8 Å². The van der Waals surface area contributed by atoms with E-state index in [1.165, 1.54) is 55.3 Å². The van der Waals surface area contributed by atoms with Gasteiger partial charge in [0.1, 0.15) is 0 Å². The highest BCUT2D eigenvalue weighted by Crippen LogP contribution is 2.42. The number of carbonyl (C=O) groups is 3. The molecule has 0 saturated carbocycles. The number of benzene rings is 3. The van der Waals surface area contributed by atoms with Crippen molar-refractivity contribution >= 4 is 23.7 Å². The molecule has 0 spiro atoms. The molecule has 0 aromatic heterocycles. The number of hydrogen-bond donors (Lipinski definition) is 0. The lowest BCUT2D eigenvalue weighted by molar-refractivity contribution is -0.139. The van der Waals surface area contributed by atoms with Crippen LogP contribution in [0.5, 0.6) is 0 Å². The maximum absolute atomic E-state index is 14.2. The van der Waals surface area contributed by atoms with Crippen molar-refractivity contribution in [3.05, 3.63) is 112 Å². The number of nitrogens with zero attached hydrogens (tertiary/aromatic N) is 3. The minimum Gasteiger partial charge on any atom is -0.465 e. The molecule has 1 aliphatic heterocycles. The summed E-state index contributed by atoms with van der Waals surface area (Å²) in [5, 5.41) is 9.29. The summed E-state index contributed by atoms with van der Waals surface area (Å²) in [6.45, 7) is 2.95. The second-order valence-corrected chi connectivity index (χ2v) is 9.34. The van der Waals surface area contributed by atoms with Crippen LogP contribution in [0.25, 0.3) is 0 Å². The number of esters is 2. The summed E-state index contributed by atoms with van der Waals surface area (Å²) in [5.41, 5.74) is 0.595. The molecule has 1 unspecified atom stereocenters. The molecule has 0 aliphatic carbocycles. The summed E-state index contributed by atoms with van der Waals surface area (Å²) in [6.07, 6.45) is -4.67. The van der Waals surface area contributed by atoms with E-state index in [4.69, 9.17) is 9.47 Å². The van der Waals surface area contributed by atoms with Gasteiger partial charge >= 0.3 is 24.1 Å². The van der Waals surface area contributed by atoms with Gasteiger partial charge in [0.25, 0.3) is 0 Å². The molecule has 0 bridgehead atoms. The van der Waals surface area contributed by atoms with Crippen molar-refractivity contribution in [1.29, 1.82) is 5.26 Å². The van der Waals surface area contributed by atoms with Crippen molar-refractivity contribution in [2.45, 2.75) is 32.6 Å². The summed E-state index contributed by atoms with van der Waals surface area (Å²) < 4.78 is 51.0. The SMILES string of the molecule is CCOC(=O)C1=C(C)N(c2cccc(C(F)(F)F)c2)C(=O)N(Cc2cccc(C(=O)OC)c2)C1c1ccc(C#N)cc1. The molecule has 42 heavy (non-hydrogen) atoms. The molecule has 2 amide bonds. The summed E-state index contributed by atoms with van der Waals surface area (Å²) in [6, 6.07) is 17.1. The average Bonchev–Trinajstić information content (AvgIpc) is 2.98. The van der Waals surface area contributed by atoms with Crippen LogP contribution in [0, 0.1) is 11.3 Å². The second kappa shape index (κ2) is 12.2. The summed E-state index contributed by atoms with van der Waals surface area (Å²) in [4.78, 5) is 42.3. The van der Waals surface area contributed by atoms with Gasteiger partial charge in [-0.3, -0.25) is 4.90 Å². The van der Waals surface area contributed by atoms with Gasteiger partial charge in [0.2, 0.25) is 0 Å². The Balaban J connectivity index is 1.95. The molecule has 1 heterocycles. The zero-order valence-corrected chi connectivity index (χ0v) is 22.9. The topological polar surface area (TPSA) is 99.9 Å². The van der Waals surface area contributed by atoms with Gasteiger partial charge in [-0.05, 0) is 67.4 Å². The van der Waals surface area contributed by atoms with Crippen LogP contribution in [0.3, 0.4) is 0 Å². The minimum absolute atomic E-state index is 0.00832. The lowest BCUT2D eigenvalue weighted by Crippen LogP contribution is -2.50. The van der Waals surface area contributed by atoms with E-state index in [1.807, 2.05) is 6.07 Å². The fourth-order valence-electron chi connectivity index (χ4n) is 4.81. The van der Waals surface area contributed by atoms with Gasteiger partial charge in [0, 0.05) is 12.2 Å². The van der Waals surface area contributed by atoms with Gasteiger partial charge in [0.05, 0.1) is 53.8 Å². The Morgan fingerprint density at radius 2 is 1.69 bits per heavy atom. The molecule has 0 N–H and O–H groups in total. The van der Waals surface area contributed by atoms with Crippen molar-refractivity contribution < 1.29 is 37.0 Å². The quantitative estimate of drug-likeness (QED) is 0.302. The Hall–Kier alpha value is -5.11. The number of methoxy groups -OCH3 is 1. The fourth-order valence-corrected chi connectivity index (χ4v) is 4.81. The number of hydrogen-bond acceptors (Lipinski definition) is 6. The first kappa shape index (κ1) is 29.9. The van der Waals surface area contributed by atoms with E-state index < -0.39 is 35.8 Å². The van der Waals surface area contributed by atoms with Gasteiger partial charge in [-0.25, -0.2) is 14.4 Å². The van der Waals surface area contributed by atoms with E-state index in [2.05, 4.69) is 0 Å². The van der Waals surface area contributed by atoms with E-state index in [1.54, 1.807) is 31.2 Å². The summed E-state index contributed by atoms with van der Waals surface area (Å²) in [7, 11) is 1.23. The monoisotopic (exact) mass is 577 g/mol. The lowest BCUT2D eigenvalue weighted by Gasteiger charge is -2.43. The molecule has 216 valence electrons. The summed E-state index contributed by atoms with van der Waals surface area (Å²) in [5.74, 6) is -1.36. The molecule has 8 nitrogen and oxygen atoms in total. The maximum atomic E-state index is 14.2. The zero-order valence-electron chi connectivity index (χ0n) is 22.9. The van der Waals surface area contributed by atoms with Crippen molar-refractivity contribution in [3.63, 3.8) is 0 Å². The number of anilines is 1. The Bertz CT molecular complexity index is 1590. The Labute approximate surface area is 240 Å². The van der Waals surface area contributed by atoms with Crippen LogP contribution in [0.1, 0.15) is 52.5 Å². The normalized spacial score (nSPS) is 15.4. The van der Waals surface area contributed by atoms with Gasteiger partial charge in [0.15, 0.2) is 0 Å². The molecule has 1 atom stereocenters. The number of ether oxygens (including phenoxy) is 2. The third-order valence-electron chi connectivity index (χ3n) is 6.73. The van der Waals surface area contributed by atoms with E-state index in [0.29, 0.717) is 16.7 Å². The predicted octanol–water partition coefficient (Wildman–Crippen LogP) is 6.38. The maximum Gasteiger partial charge on any atom is 0.416 e. The smallest absolute Gasteiger partial charge is 0.416 e. The molecule has 0 saturated heterocycles. The highest BCUT2D eigenvalue weighted by Gasteiger charge is 2.43. The molecular formula is C31H26F3N3O5. The first-order valence-corrected chi connectivity index (χ1v) is 12.8. The fraction of sp³-hybridized carbons (Fsp3) is 0.226. The number of carbonyl (C=O) groups excluding carboxylic acids is 3. The molecule has 3 aromatic carbocycles. The predicted molar refractivity (Wildman–Crippen MR) is 146 cm³/mol.